The van der Waals surface area contributed by atoms with Crippen LogP contribution in [0.5, 0.6) is 5.75 Å². The summed E-state index contributed by atoms with van der Waals surface area (Å²) < 4.78 is 5.72. The van der Waals surface area contributed by atoms with Crippen molar-refractivity contribution in [3.63, 3.8) is 0 Å². The van der Waals surface area contributed by atoms with Crippen LogP contribution in [0.3, 0.4) is 0 Å². The van der Waals surface area contributed by atoms with Gasteiger partial charge in [0, 0.05) is 11.9 Å². The molecule has 108 valence electrons. The molecular weight excluding hydrogens is 252 g/mol. The lowest BCUT2D eigenvalue weighted by atomic mass is 10.1. The molecule has 0 aliphatic carbocycles. The molecule has 0 saturated carbocycles. The van der Waals surface area contributed by atoms with Gasteiger partial charge in [-0.25, -0.2) is 0 Å². The molecule has 0 aliphatic rings. The highest BCUT2D eigenvalue weighted by Crippen LogP contribution is 2.25. The maximum atomic E-state index is 9.86. The molecule has 0 heterocycles. The second-order valence-electron chi connectivity index (χ2n) is 4.79. The van der Waals surface area contributed by atoms with Crippen molar-refractivity contribution in [1.29, 1.82) is 0 Å². The zero-order valence-corrected chi connectivity index (χ0v) is 11.6. The van der Waals surface area contributed by atoms with Gasteiger partial charge in [-0.2, -0.15) is 0 Å². The van der Waals surface area contributed by atoms with Crippen molar-refractivity contribution >= 4 is 10.8 Å². The number of fused-ring (bicyclic) bond motifs is 1. The fourth-order valence-electron chi connectivity index (χ4n) is 2.06. The van der Waals surface area contributed by atoms with Gasteiger partial charge in [-0.15, -0.1) is 0 Å². The number of ether oxygens (including phenoxy) is 1. The van der Waals surface area contributed by atoms with Gasteiger partial charge in [-0.3, -0.25) is 0 Å². The summed E-state index contributed by atoms with van der Waals surface area (Å²) in [6.07, 6.45) is 0.392. The molecule has 0 aromatic heterocycles. The summed E-state index contributed by atoms with van der Waals surface area (Å²) in [6, 6.07) is 14.0. The van der Waals surface area contributed by atoms with Gasteiger partial charge in [-0.1, -0.05) is 36.4 Å². The van der Waals surface area contributed by atoms with Gasteiger partial charge in [0.25, 0.3) is 0 Å². The van der Waals surface area contributed by atoms with Crippen LogP contribution in [-0.2, 0) is 0 Å². The third kappa shape index (κ3) is 4.20. The fourth-order valence-corrected chi connectivity index (χ4v) is 2.06. The van der Waals surface area contributed by atoms with Gasteiger partial charge in [0.1, 0.15) is 18.5 Å². The van der Waals surface area contributed by atoms with E-state index in [9.17, 15) is 5.11 Å². The molecule has 2 rings (SSSR count). The number of nitrogens with two attached hydrogens (primary N) is 1. The lowest BCUT2D eigenvalue weighted by Crippen LogP contribution is -2.32. The Kier molecular flexibility index (Phi) is 5.80. The van der Waals surface area contributed by atoms with Crippen molar-refractivity contribution in [2.75, 3.05) is 26.2 Å². The predicted molar refractivity (Wildman–Crippen MR) is 82.0 cm³/mol. The monoisotopic (exact) mass is 274 g/mol. The molecule has 2 aromatic rings. The van der Waals surface area contributed by atoms with Crippen molar-refractivity contribution < 1.29 is 9.84 Å². The van der Waals surface area contributed by atoms with Gasteiger partial charge in [0.15, 0.2) is 0 Å². The summed E-state index contributed by atoms with van der Waals surface area (Å²) in [7, 11) is 0. The Labute approximate surface area is 119 Å². The van der Waals surface area contributed by atoms with Crippen LogP contribution in [0.1, 0.15) is 6.42 Å². The maximum absolute atomic E-state index is 9.86. The first kappa shape index (κ1) is 14.8. The molecule has 4 nitrogen and oxygen atoms in total. The van der Waals surface area contributed by atoms with Crippen LogP contribution in [0.15, 0.2) is 42.5 Å². The van der Waals surface area contributed by atoms with Gasteiger partial charge in [0.2, 0.25) is 0 Å². The molecule has 4 N–H and O–H groups in total. The van der Waals surface area contributed by atoms with Crippen molar-refractivity contribution in [1.82, 2.24) is 5.32 Å². The lowest BCUT2D eigenvalue weighted by Gasteiger charge is -2.14. The molecule has 1 unspecified atom stereocenters. The van der Waals surface area contributed by atoms with E-state index in [0.717, 1.165) is 29.5 Å². The normalized spacial score (nSPS) is 12.5. The number of aliphatic hydroxyl groups is 1. The van der Waals surface area contributed by atoms with Gasteiger partial charge >= 0.3 is 0 Å². The molecule has 20 heavy (non-hydrogen) atoms. The minimum absolute atomic E-state index is 0.281. The SMILES string of the molecule is NCCCNCC(O)COc1cccc2ccccc12. The number of rotatable bonds is 8. The summed E-state index contributed by atoms with van der Waals surface area (Å²) >= 11 is 0. The van der Waals surface area contributed by atoms with E-state index in [1.165, 1.54) is 0 Å². The fraction of sp³-hybridized carbons (Fsp3) is 0.375. The maximum Gasteiger partial charge on any atom is 0.127 e. The molecule has 0 radical (unpaired) electrons. The topological polar surface area (TPSA) is 67.5 Å². The quantitative estimate of drug-likeness (QED) is 0.638. The van der Waals surface area contributed by atoms with Crippen molar-refractivity contribution in [3.8, 4) is 5.75 Å². The highest BCUT2D eigenvalue weighted by atomic mass is 16.5. The third-order valence-corrected chi connectivity index (χ3v) is 3.12. The molecule has 0 spiro atoms. The summed E-state index contributed by atoms with van der Waals surface area (Å²) in [4.78, 5) is 0. The van der Waals surface area contributed by atoms with Crippen LogP contribution in [0.4, 0.5) is 0 Å². The minimum Gasteiger partial charge on any atom is -0.490 e. The van der Waals surface area contributed by atoms with E-state index in [1.54, 1.807) is 0 Å². The first-order chi connectivity index (χ1) is 9.81. The molecule has 4 heteroatoms. The van der Waals surface area contributed by atoms with Crippen LogP contribution in [0.2, 0.25) is 0 Å². The smallest absolute Gasteiger partial charge is 0.127 e. The average Bonchev–Trinajstić information content (AvgIpc) is 2.49. The van der Waals surface area contributed by atoms with Gasteiger partial charge < -0.3 is 20.9 Å². The number of hydrogen-bond donors (Lipinski definition) is 3. The zero-order chi connectivity index (χ0) is 14.2. The van der Waals surface area contributed by atoms with E-state index in [4.69, 9.17) is 10.5 Å². The largest absolute Gasteiger partial charge is 0.490 e. The molecule has 0 saturated heterocycles. The van der Waals surface area contributed by atoms with E-state index < -0.39 is 6.10 Å². The van der Waals surface area contributed by atoms with Crippen LogP contribution in [-0.4, -0.2) is 37.5 Å². The summed E-state index contributed by atoms with van der Waals surface area (Å²) in [6.45, 7) is 2.28. The zero-order valence-electron chi connectivity index (χ0n) is 11.6. The standard InChI is InChI=1S/C16H22N2O2/c17-9-4-10-18-11-14(19)12-20-16-8-3-6-13-5-1-2-7-15(13)16/h1-3,5-8,14,18-19H,4,9-12,17H2. The van der Waals surface area contributed by atoms with E-state index in [0.29, 0.717) is 13.1 Å². The third-order valence-electron chi connectivity index (χ3n) is 3.12. The summed E-state index contributed by atoms with van der Waals surface area (Å²) in [5, 5.41) is 15.2. The second-order valence-corrected chi connectivity index (χ2v) is 4.79. The summed E-state index contributed by atoms with van der Waals surface area (Å²) in [5.74, 6) is 0.809. The molecule has 2 aromatic carbocycles. The molecule has 0 fully saturated rings. The molecule has 0 bridgehead atoms. The average molecular weight is 274 g/mol. The highest BCUT2D eigenvalue weighted by Gasteiger charge is 2.06. The Hall–Kier alpha value is -1.62. The van der Waals surface area contributed by atoms with Crippen molar-refractivity contribution in [2.24, 2.45) is 5.73 Å². The second kappa shape index (κ2) is 7.85. The Morgan fingerprint density at radius 1 is 1.15 bits per heavy atom. The Morgan fingerprint density at radius 3 is 2.80 bits per heavy atom. The number of benzene rings is 2. The molecule has 0 amide bonds. The van der Waals surface area contributed by atoms with Gasteiger partial charge in [-0.05, 0) is 31.0 Å². The summed E-state index contributed by atoms with van der Waals surface area (Å²) in [5.41, 5.74) is 5.41. The van der Waals surface area contributed by atoms with Crippen LogP contribution in [0, 0.1) is 0 Å². The van der Waals surface area contributed by atoms with Crippen LogP contribution in [0.25, 0.3) is 10.8 Å². The Balaban J connectivity index is 1.86. The van der Waals surface area contributed by atoms with Crippen molar-refractivity contribution in [2.45, 2.75) is 12.5 Å². The molecular formula is C16H22N2O2. The Bertz CT molecular complexity index is 525. The number of hydrogen-bond acceptors (Lipinski definition) is 4. The van der Waals surface area contributed by atoms with E-state index >= 15 is 0 Å². The molecule has 1 atom stereocenters. The predicted octanol–water partition coefficient (Wildman–Crippen LogP) is 1.52. The lowest BCUT2D eigenvalue weighted by molar-refractivity contribution is 0.107. The van der Waals surface area contributed by atoms with E-state index in [2.05, 4.69) is 5.32 Å². The molecule has 0 aliphatic heterocycles. The van der Waals surface area contributed by atoms with E-state index in [-0.39, 0.29) is 6.61 Å². The minimum atomic E-state index is -0.522. The first-order valence-electron chi connectivity index (χ1n) is 7.00. The van der Waals surface area contributed by atoms with Crippen LogP contribution >= 0.6 is 0 Å². The Morgan fingerprint density at radius 2 is 1.95 bits per heavy atom. The number of aliphatic hydroxyl groups excluding tert-OH is 1. The van der Waals surface area contributed by atoms with E-state index in [1.807, 2.05) is 42.5 Å². The first-order valence-corrected chi connectivity index (χ1v) is 7.00. The van der Waals surface area contributed by atoms with Crippen molar-refractivity contribution in [3.05, 3.63) is 42.5 Å². The van der Waals surface area contributed by atoms with Gasteiger partial charge in [0.05, 0.1) is 0 Å². The van der Waals surface area contributed by atoms with Crippen LogP contribution < -0.4 is 15.8 Å². The highest BCUT2D eigenvalue weighted by molar-refractivity contribution is 5.88. The number of nitrogens with one attached hydrogen (secondary N) is 1.